The van der Waals surface area contributed by atoms with Crippen molar-refractivity contribution in [2.75, 3.05) is 6.61 Å². The van der Waals surface area contributed by atoms with Crippen molar-refractivity contribution in [3.63, 3.8) is 0 Å². The summed E-state index contributed by atoms with van der Waals surface area (Å²) in [7, 11) is 0. The van der Waals surface area contributed by atoms with E-state index >= 15 is 0 Å². The van der Waals surface area contributed by atoms with Gasteiger partial charge in [-0.3, -0.25) is 9.59 Å². The van der Waals surface area contributed by atoms with Crippen LogP contribution in [-0.2, 0) is 22.6 Å². The van der Waals surface area contributed by atoms with Crippen LogP contribution in [0.4, 0.5) is 0 Å². The summed E-state index contributed by atoms with van der Waals surface area (Å²) >= 11 is 0. The van der Waals surface area contributed by atoms with Crippen molar-refractivity contribution in [2.24, 2.45) is 10.8 Å². The Morgan fingerprint density at radius 2 is 1.93 bits per heavy atom. The average molecular weight is 392 g/mol. The quantitative estimate of drug-likeness (QED) is 0.432. The first-order valence-corrected chi connectivity index (χ1v) is 9.46. The summed E-state index contributed by atoms with van der Waals surface area (Å²) in [4.78, 5) is 23.2. The maximum atomic E-state index is 12.1. The van der Waals surface area contributed by atoms with Crippen LogP contribution >= 0.6 is 0 Å². The number of benzene rings is 2. The lowest BCUT2D eigenvalue weighted by atomic mass is 10.1. The zero-order valence-corrected chi connectivity index (χ0v) is 16.3. The molecule has 0 spiro atoms. The zero-order chi connectivity index (χ0) is 20.6. The SMILES string of the molecule is CCOc1ccc(CC(=O)N/N=C\c2cn(CCC(N)=O)c3ccccc23)cc1. The predicted octanol–water partition coefficient (Wildman–Crippen LogP) is 2.61. The van der Waals surface area contributed by atoms with Crippen molar-refractivity contribution in [3.05, 3.63) is 65.9 Å². The number of primary amides is 1. The van der Waals surface area contributed by atoms with Crippen LogP contribution < -0.4 is 15.9 Å². The first-order chi connectivity index (χ1) is 14.1. The number of nitrogens with zero attached hydrogens (tertiary/aromatic N) is 2. The molecule has 3 rings (SSSR count). The molecule has 3 aromatic rings. The van der Waals surface area contributed by atoms with Gasteiger partial charge in [0.15, 0.2) is 0 Å². The lowest BCUT2D eigenvalue weighted by molar-refractivity contribution is -0.120. The van der Waals surface area contributed by atoms with Crippen molar-refractivity contribution >= 4 is 28.9 Å². The van der Waals surface area contributed by atoms with E-state index in [0.717, 1.165) is 27.8 Å². The van der Waals surface area contributed by atoms with Gasteiger partial charge in [-0.2, -0.15) is 5.10 Å². The van der Waals surface area contributed by atoms with Gasteiger partial charge in [-0.1, -0.05) is 30.3 Å². The van der Waals surface area contributed by atoms with E-state index in [1.165, 1.54) is 0 Å². The zero-order valence-electron chi connectivity index (χ0n) is 16.3. The van der Waals surface area contributed by atoms with Gasteiger partial charge in [-0.05, 0) is 30.7 Å². The number of nitrogens with two attached hydrogens (primary N) is 1. The standard InChI is InChI=1S/C22H24N4O3/c1-2-29-18-9-7-16(8-10-18)13-22(28)25-24-14-17-15-26(12-11-21(23)27)20-6-4-3-5-19(17)20/h3-10,14-15H,2,11-13H2,1H3,(H2,23,27)(H,25,28)/b24-14-. The van der Waals surface area contributed by atoms with Crippen LogP contribution in [0.15, 0.2) is 59.8 Å². The highest BCUT2D eigenvalue weighted by atomic mass is 16.5. The van der Waals surface area contributed by atoms with Crippen LogP contribution in [0.3, 0.4) is 0 Å². The van der Waals surface area contributed by atoms with Gasteiger partial charge in [0, 0.05) is 35.6 Å². The molecule has 0 saturated carbocycles. The number of hydrazone groups is 1. The van der Waals surface area contributed by atoms with E-state index in [4.69, 9.17) is 10.5 Å². The number of fused-ring (bicyclic) bond motifs is 1. The molecule has 1 aromatic heterocycles. The van der Waals surface area contributed by atoms with E-state index in [0.29, 0.717) is 13.2 Å². The Morgan fingerprint density at radius 3 is 2.66 bits per heavy atom. The number of carbonyl (C=O) groups excluding carboxylic acids is 2. The second kappa shape index (κ2) is 9.54. The van der Waals surface area contributed by atoms with Crippen molar-refractivity contribution in [2.45, 2.75) is 26.3 Å². The minimum absolute atomic E-state index is 0.206. The number of aromatic nitrogens is 1. The molecule has 3 N–H and O–H groups in total. The number of amides is 2. The third-order valence-corrected chi connectivity index (χ3v) is 4.41. The maximum absolute atomic E-state index is 12.1. The Bertz CT molecular complexity index is 1020. The number of aryl methyl sites for hydroxylation is 1. The highest BCUT2D eigenvalue weighted by Crippen LogP contribution is 2.20. The van der Waals surface area contributed by atoms with Gasteiger partial charge in [0.2, 0.25) is 11.8 Å². The summed E-state index contributed by atoms with van der Waals surface area (Å²) in [5, 5.41) is 5.08. The molecule has 0 aliphatic rings. The van der Waals surface area contributed by atoms with Crippen LogP contribution in [0.25, 0.3) is 10.9 Å². The molecule has 2 amide bonds. The van der Waals surface area contributed by atoms with Gasteiger partial charge in [-0.25, -0.2) is 5.43 Å². The van der Waals surface area contributed by atoms with Crippen LogP contribution in [0.2, 0.25) is 0 Å². The summed E-state index contributed by atoms with van der Waals surface area (Å²) in [5.74, 6) is 0.227. The number of hydrogen-bond acceptors (Lipinski definition) is 4. The first kappa shape index (κ1) is 20.1. The lowest BCUT2D eigenvalue weighted by Gasteiger charge is -2.04. The molecule has 0 radical (unpaired) electrons. The highest BCUT2D eigenvalue weighted by molar-refractivity contribution is 5.99. The third-order valence-electron chi connectivity index (χ3n) is 4.41. The van der Waals surface area contributed by atoms with Gasteiger partial charge in [0.25, 0.3) is 0 Å². The molecule has 0 fully saturated rings. The second-order valence-electron chi connectivity index (χ2n) is 6.56. The number of carbonyl (C=O) groups is 2. The topological polar surface area (TPSA) is 98.7 Å². The Balaban J connectivity index is 1.64. The summed E-state index contributed by atoms with van der Waals surface area (Å²) < 4.78 is 7.36. The van der Waals surface area contributed by atoms with Crippen LogP contribution in [0.5, 0.6) is 5.75 Å². The molecule has 1 heterocycles. The smallest absolute Gasteiger partial charge is 0.244 e. The average Bonchev–Trinajstić information content (AvgIpc) is 3.06. The van der Waals surface area contributed by atoms with E-state index in [9.17, 15) is 9.59 Å². The molecule has 150 valence electrons. The number of ether oxygens (including phenoxy) is 1. The molecule has 0 saturated heterocycles. The van der Waals surface area contributed by atoms with Crippen LogP contribution in [-0.4, -0.2) is 29.2 Å². The van der Waals surface area contributed by atoms with E-state index in [1.807, 2.05) is 66.2 Å². The Labute approximate surface area is 169 Å². The molecular formula is C22H24N4O3. The van der Waals surface area contributed by atoms with Gasteiger partial charge in [-0.15, -0.1) is 0 Å². The van der Waals surface area contributed by atoms with Crippen LogP contribution in [0, 0.1) is 0 Å². The summed E-state index contributed by atoms with van der Waals surface area (Å²) in [6, 6.07) is 15.2. The number of nitrogens with one attached hydrogen (secondary N) is 1. The monoisotopic (exact) mass is 392 g/mol. The van der Waals surface area contributed by atoms with Crippen molar-refractivity contribution in [3.8, 4) is 5.75 Å². The second-order valence-corrected chi connectivity index (χ2v) is 6.56. The molecule has 0 unspecified atom stereocenters. The van der Waals surface area contributed by atoms with Gasteiger partial charge in [0.1, 0.15) is 5.75 Å². The fourth-order valence-electron chi connectivity index (χ4n) is 3.06. The van der Waals surface area contributed by atoms with E-state index in [2.05, 4.69) is 10.5 Å². The lowest BCUT2D eigenvalue weighted by Crippen LogP contribution is -2.19. The molecule has 2 aromatic carbocycles. The predicted molar refractivity (Wildman–Crippen MR) is 113 cm³/mol. The van der Waals surface area contributed by atoms with Gasteiger partial charge >= 0.3 is 0 Å². The molecule has 0 aliphatic heterocycles. The number of hydrogen-bond donors (Lipinski definition) is 2. The molecule has 0 aliphatic carbocycles. The summed E-state index contributed by atoms with van der Waals surface area (Å²) in [5.41, 5.74) is 10.5. The Kier molecular flexibility index (Phi) is 6.63. The summed E-state index contributed by atoms with van der Waals surface area (Å²) in [6.07, 6.45) is 3.99. The molecule has 29 heavy (non-hydrogen) atoms. The van der Waals surface area contributed by atoms with Gasteiger partial charge < -0.3 is 15.0 Å². The Morgan fingerprint density at radius 1 is 1.17 bits per heavy atom. The summed E-state index contributed by atoms with van der Waals surface area (Å²) in [6.45, 7) is 3.02. The van der Waals surface area contributed by atoms with Crippen molar-refractivity contribution in [1.29, 1.82) is 0 Å². The largest absolute Gasteiger partial charge is 0.494 e. The Hall–Kier alpha value is -3.61. The fraction of sp³-hybridized carbons (Fsp3) is 0.227. The minimum atomic E-state index is -0.348. The normalized spacial score (nSPS) is 11.1. The molecule has 7 heteroatoms. The van der Waals surface area contributed by atoms with Gasteiger partial charge in [0.05, 0.1) is 19.2 Å². The minimum Gasteiger partial charge on any atom is -0.494 e. The van der Waals surface area contributed by atoms with Crippen molar-refractivity contribution in [1.82, 2.24) is 9.99 Å². The highest BCUT2D eigenvalue weighted by Gasteiger charge is 2.08. The molecule has 7 nitrogen and oxygen atoms in total. The number of rotatable bonds is 9. The molecule has 0 bridgehead atoms. The van der Waals surface area contributed by atoms with E-state index in [1.54, 1.807) is 6.21 Å². The van der Waals surface area contributed by atoms with Crippen molar-refractivity contribution < 1.29 is 14.3 Å². The maximum Gasteiger partial charge on any atom is 0.244 e. The fourth-order valence-corrected chi connectivity index (χ4v) is 3.06. The van der Waals surface area contributed by atoms with E-state index < -0.39 is 0 Å². The van der Waals surface area contributed by atoms with Crippen LogP contribution in [0.1, 0.15) is 24.5 Å². The first-order valence-electron chi connectivity index (χ1n) is 9.46. The van der Waals surface area contributed by atoms with E-state index in [-0.39, 0.29) is 24.7 Å². The number of para-hydroxylation sites is 1. The third kappa shape index (κ3) is 5.44. The molecule has 0 atom stereocenters. The molecular weight excluding hydrogens is 368 g/mol.